The maximum atomic E-state index is 14.1. The van der Waals surface area contributed by atoms with E-state index in [0.29, 0.717) is 18.5 Å². The third-order valence-electron chi connectivity index (χ3n) is 2.82. The summed E-state index contributed by atoms with van der Waals surface area (Å²) in [6.45, 7) is 0. The minimum absolute atomic E-state index is 0.664. The molecule has 0 heterocycles. The van der Waals surface area contributed by atoms with Crippen LogP contribution in [-0.2, 0) is 5.67 Å². The first-order valence-corrected chi connectivity index (χ1v) is 4.76. The SMILES string of the molecule is Nc1ccc(C2(F)CCCC2)cc1. The van der Waals surface area contributed by atoms with Gasteiger partial charge in [0.1, 0.15) is 5.67 Å². The third-order valence-corrected chi connectivity index (χ3v) is 2.82. The smallest absolute Gasteiger partial charge is 0.136 e. The van der Waals surface area contributed by atoms with Gasteiger partial charge in [0, 0.05) is 5.69 Å². The Morgan fingerprint density at radius 3 is 2.15 bits per heavy atom. The van der Waals surface area contributed by atoms with Crippen LogP contribution >= 0.6 is 0 Å². The second-order valence-corrected chi connectivity index (χ2v) is 3.79. The van der Waals surface area contributed by atoms with Gasteiger partial charge < -0.3 is 5.73 Å². The summed E-state index contributed by atoms with van der Waals surface area (Å²) in [6, 6.07) is 7.16. The van der Waals surface area contributed by atoms with Gasteiger partial charge in [-0.1, -0.05) is 12.1 Å². The lowest BCUT2D eigenvalue weighted by Crippen LogP contribution is -2.14. The van der Waals surface area contributed by atoms with E-state index >= 15 is 0 Å². The van der Waals surface area contributed by atoms with E-state index in [4.69, 9.17) is 5.73 Å². The van der Waals surface area contributed by atoms with E-state index in [9.17, 15) is 4.39 Å². The van der Waals surface area contributed by atoms with Crippen LogP contribution in [0.4, 0.5) is 10.1 Å². The molecule has 1 aliphatic carbocycles. The molecule has 0 spiro atoms. The minimum Gasteiger partial charge on any atom is -0.399 e. The fraction of sp³-hybridized carbons (Fsp3) is 0.455. The van der Waals surface area contributed by atoms with Crippen molar-refractivity contribution in [1.29, 1.82) is 0 Å². The van der Waals surface area contributed by atoms with E-state index < -0.39 is 5.67 Å². The molecule has 2 rings (SSSR count). The molecule has 2 heteroatoms. The molecule has 0 aliphatic heterocycles. The zero-order valence-corrected chi connectivity index (χ0v) is 7.59. The zero-order valence-electron chi connectivity index (χ0n) is 7.59. The molecular formula is C11H14FN. The van der Waals surface area contributed by atoms with Crippen LogP contribution in [0.2, 0.25) is 0 Å². The Morgan fingerprint density at radius 2 is 1.62 bits per heavy atom. The van der Waals surface area contributed by atoms with Gasteiger partial charge in [0.25, 0.3) is 0 Å². The number of benzene rings is 1. The van der Waals surface area contributed by atoms with Gasteiger partial charge in [0.15, 0.2) is 0 Å². The highest BCUT2D eigenvalue weighted by molar-refractivity contribution is 5.41. The van der Waals surface area contributed by atoms with Crippen molar-refractivity contribution in [1.82, 2.24) is 0 Å². The number of hydrogen-bond acceptors (Lipinski definition) is 1. The van der Waals surface area contributed by atoms with Crippen LogP contribution in [0.5, 0.6) is 0 Å². The second kappa shape index (κ2) is 3.02. The van der Waals surface area contributed by atoms with Gasteiger partial charge in [-0.3, -0.25) is 0 Å². The van der Waals surface area contributed by atoms with E-state index in [-0.39, 0.29) is 0 Å². The normalized spacial score (nSPS) is 20.4. The average Bonchev–Trinajstić information content (AvgIpc) is 2.54. The van der Waals surface area contributed by atoms with E-state index in [1.807, 2.05) is 0 Å². The highest BCUT2D eigenvalue weighted by Crippen LogP contribution is 2.42. The lowest BCUT2D eigenvalue weighted by molar-refractivity contribution is 0.175. The number of nitrogen functional groups attached to an aromatic ring is 1. The number of hydrogen-bond donors (Lipinski definition) is 1. The predicted octanol–water partition coefficient (Wildman–Crippen LogP) is 3.01. The van der Waals surface area contributed by atoms with Crippen molar-refractivity contribution < 1.29 is 4.39 Å². The molecule has 1 nitrogen and oxygen atoms in total. The predicted molar refractivity (Wildman–Crippen MR) is 52.1 cm³/mol. The van der Waals surface area contributed by atoms with Crippen molar-refractivity contribution in [2.45, 2.75) is 31.4 Å². The van der Waals surface area contributed by atoms with E-state index in [1.54, 1.807) is 24.3 Å². The van der Waals surface area contributed by atoms with Crippen LogP contribution in [0, 0.1) is 0 Å². The standard InChI is InChI=1S/C11H14FN/c12-11(7-1-2-8-11)9-3-5-10(13)6-4-9/h3-6H,1-2,7-8,13H2. The van der Waals surface area contributed by atoms with Gasteiger partial charge in [-0.15, -0.1) is 0 Å². The molecular weight excluding hydrogens is 165 g/mol. The molecule has 2 N–H and O–H groups in total. The van der Waals surface area contributed by atoms with Gasteiger partial charge in [-0.05, 0) is 43.4 Å². The number of nitrogens with two attached hydrogens (primary N) is 1. The molecule has 0 radical (unpaired) electrons. The van der Waals surface area contributed by atoms with Crippen LogP contribution in [-0.4, -0.2) is 0 Å². The van der Waals surface area contributed by atoms with Gasteiger partial charge in [-0.25, -0.2) is 4.39 Å². The quantitative estimate of drug-likeness (QED) is 0.659. The largest absolute Gasteiger partial charge is 0.399 e. The van der Waals surface area contributed by atoms with Crippen molar-refractivity contribution in [2.75, 3.05) is 5.73 Å². The molecule has 0 unspecified atom stereocenters. The molecule has 0 saturated heterocycles. The highest BCUT2D eigenvalue weighted by Gasteiger charge is 2.35. The average molecular weight is 179 g/mol. The molecule has 0 atom stereocenters. The molecule has 0 aromatic heterocycles. The van der Waals surface area contributed by atoms with Gasteiger partial charge in [0.2, 0.25) is 0 Å². The zero-order chi connectivity index (χ0) is 9.31. The Bertz CT molecular complexity index is 285. The lowest BCUT2D eigenvalue weighted by Gasteiger charge is -2.19. The Labute approximate surface area is 77.8 Å². The van der Waals surface area contributed by atoms with E-state index in [0.717, 1.165) is 18.4 Å². The summed E-state index contributed by atoms with van der Waals surface area (Å²) in [7, 11) is 0. The van der Waals surface area contributed by atoms with Gasteiger partial charge in [-0.2, -0.15) is 0 Å². The van der Waals surface area contributed by atoms with E-state index in [1.165, 1.54) is 0 Å². The summed E-state index contributed by atoms with van der Waals surface area (Å²) in [5, 5.41) is 0. The fourth-order valence-corrected chi connectivity index (χ4v) is 2.01. The molecule has 1 aromatic rings. The van der Waals surface area contributed by atoms with Crippen molar-refractivity contribution in [3.63, 3.8) is 0 Å². The number of halogens is 1. The number of anilines is 1. The summed E-state index contributed by atoms with van der Waals surface area (Å²) in [5.74, 6) is 0. The Morgan fingerprint density at radius 1 is 1.08 bits per heavy atom. The summed E-state index contributed by atoms with van der Waals surface area (Å²) in [4.78, 5) is 0. The molecule has 13 heavy (non-hydrogen) atoms. The second-order valence-electron chi connectivity index (χ2n) is 3.79. The van der Waals surface area contributed by atoms with Crippen LogP contribution in [0.1, 0.15) is 31.2 Å². The molecule has 1 aliphatic rings. The first kappa shape index (κ1) is 8.54. The van der Waals surface area contributed by atoms with Crippen LogP contribution in [0.3, 0.4) is 0 Å². The Balaban J connectivity index is 2.29. The number of rotatable bonds is 1. The molecule has 1 saturated carbocycles. The topological polar surface area (TPSA) is 26.0 Å². The lowest BCUT2D eigenvalue weighted by atomic mass is 9.94. The van der Waals surface area contributed by atoms with Gasteiger partial charge in [0.05, 0.1) is 0 Å². The summed E-state index contributed by atoms with van der Waals surface area (Å²) < 4.78 is 14.1. The first-order valence-electron chi connectivity index (χ1n) is 4.76. The van der Waals surface area contributed by atoms with Crippen LogP contribution in [0.15, 0.2) is 24.3 Å². The van der Waals surface area contributed by atoms with Crippen molar-refractivity contribution in [2.24, 2.45) is 0 Å². The maximum absolute atomic E-state index is 14.1. The molecule has 70 valence electrons. The Hall–Kier alpha value is -1.05. The molecule has 0 amide bonds. The molecule has 1 aromatic carbocycles. The summed E-state index contributed by atoms with van der Waals surface area (Å²) >= 11 is 0. The third kappa shape index (κ3) is 1.53. The van der Waals surface area contributed by atoms with Crippen molar-refractivity contribution in [3.8, 4) is 0 Å². The van der Waals surface area contributed by atoms with Crippen molar-refractivity contribution in [3.05, 3.63) is 29.8 Å². The first-order chi connectivity index (χ1) is 6.21. The molecule has 0 bridgehead atoms. The fourth-order valence-electron chi connectivity index (χ4n) is 2.01. The van der Waals surface area contributed by atoms with Crippen molar-refractivity contribution >= 4 is 5.69 Å². The van der Waals surface area contributed by atoms with Gasteiger partial charge >= 0.3 is 0 Å². The maximum Gasteiger partial charge on any atom is 0.136 e. The monoisotopic (exact) mass is 179 g/mol. The van der Waals surface area contributed by atoms with Crippen LogP contribution in [0.25, 0.3) is 0 Å². The minimum atomic E-state index is -1.08. The molecule has 1 fully saturated rings. The van der Waals surface area contributed by atoms with Crippen LogP contribution < -0.4 is 5.73 Å². The summed E-state index contributed by atoms with van der Waals surface area (Å²) in [6.07, 6.45) is 3.33. The summed E-state index contributed by atoms with van der Waals surface area (Å²) in [5.41, 5.74) is 5.96. The highest BCUT2D eigenvalue weighted by atomic mass is 19.1. The number of alkyl halides is 1. The Kier molecular flexibility index (Phi) is 1.98. The van der Waals surface area contributed by atoms with E-state index in [2.05, 4.69) is 0 Å².